The Hall–Kier alpha value is -1.73. The minimum Gasteiger partial charge on any atom is -0.335 e. The molecule has 0 unspecified atom stereocenters. The zero-order valence-electron chi connectivity index (χ0n) is 12.8. The lowest BCUT2D eigenvalue weighted by Gasteiger charge is -2.46. The van der Waals surface area contributed by atoms with E-state index in [1.54, 1.807) is 11.3 Å². The molecule has 116 valence electrons. The molecule has 0 atom stereocenters. The highest BCUT2D eigenvalue weighted by atomic mass is 32.1. The van der Waals surface area contributed by atoms with Gasteiger partial charge in [-0.15, -0.1) is 10.2 Å². The summed E-state index contributed by atoms with van der Waals surface area (Å²) in [6, 6.07) is 0.452. The number of carbonyl (C=O) groups excluding carboxylic acids is 1. The quantitative estimate of drug-likeness (QED) is 0.838. The molecular formula is C15H19N5OS. The van der Waals surface area contributed by atoms with Crippen LogP contribution in [0.4, 0.5) is 0 Å². The fourth-order valence-electron chi connectivity index (χ4n) is 3.24. The van der Waals surface area contributed by atoms with E-state index in [0.717, 1.165) is 55.5 Å². The van der Waals surface area contributed by atoms with Gasteiger partial charge in [0.05, 0.1) is 12.1 Å². The Morgan fingerprint density at radius 2 is 2.05 bits per heavy atom. The Balaban J connectivity index is 1.38. The lowest BCUT2D eigenvalue weighted by molar-refractivity contribution is 0.0166. The van der Waals surface area contributed by atoms with E-state index in [2.05, 4.69) is 19.7 Å². The number of carbonyl (C=O) groups is 1. The lowest BCUT2D eigenvalue weighted by Crippen LogP contribution is -2.62. The zero-order chi connectivity index (χ0) is 15.3. The molecule has 7 heteroatoms. The summed E-state index contributed by atoms with van der Waals surface area (Å²) in [7, 11) is 0. The zero-order valence-corrected chi connectivity index (χ0v) is 13.6. The monoisotopic (exact) mass is 317 g/mol. The van der Waals surface area contributed by atoms with Crippen LogP contribution in [0, 0.1) is 13.8 Å². The first-order chi connectivity index (χ1) is 10.6. The fourth-order valence-corrected chi connectivity index (χ4v) is 4.06. The van der Waals surface area contributed by atoms with Gasteiger partial charge >= 0.3 is 0 Å². The summed E-state index contributed by atoms with van der Waals surface area (Å²) in [6.45, 7) is 8.44. The first-order valence-corrected chi connectivity index (χ1v) is 8.52. The van der Waals surface area contributed by atoms with Crippen molar-refractivity contribution < 1.29 is 4.79 Å². The van der Waals surface area contributed by atoms with Crippen LogP contribution in [-0.2, 0) is 13.1 Å². The predicted molar refractivity (Wildman–Crippen MR) is 83.9 cm³/mol. The summed E-state index contributed by atoms with van der Waals surface area (Å²) < 4.78 is 2.19. The van der Waals surface area contributed by atoms with Gasteiger partial charge in [-0.2, -0.15) is 11.3 Å². The Kier molecular flexibility index (Phi) is 3.27. The van der Waals surface area contributed by atoms with Crippen LogP contribution in [0.15, 0.2) is 10.8 Å². The standard InChI is InChI=1S/C15H19N5OS/c1-10-8-22-9-13(10)15(21)19-5-12(6-19)18-3-4-20-11(2)16-17-14(20)7-18/h8-9,12H,3-7H2,1-2H3. The summed E-state index contributed by atoms with van der Waals surface area (Å²) in [5.74, 6) is 2.21. The molecule has 1 fully saturated rings. The second kappa shape index (κ2) is 5.17. The molecule has 0 aliphatic carbocycles. The number of hydrogen-bond donors (Lipinski definition) is 0. The van der Waals surface area contributed by atoms with Crippen LogP contribution in [0.5, 0.6) is 0 Å². The topological polar surface area (TPSA) is 54.3 Å². The van der Waals surface area contributed by atoms with Gasteiger partial charge in [0.2, 0.25) is 0 Å². The van der Waals surface area contributed by atoms with Crippen LogP contribution in [0.3, 0.4) is 0 Å². The van der Waals surface area contributed by atoms with Crippen molar-refractivity contribution in [2.24, 2.45) is 0 Å². The number of amides is 1. The summed E-state index contributed by atoms with van der Waals surface area (Å²) in [5.41, 5.74) is 1.94. The summed E-state index contributed by atoms with van der Waals surface area (Å²) in [5, 5.41) is 12.4. The van der Waals surface area contributed by atoms with Crippen LogP contribution >= 0.6 is 11.3 Å². The Morgan fingerprint density at radius 3 is 2.77 bits per heavy atom. The van der Waals surface area contributed by atoms with Crippen LogP contribution in [0.25, 0.3) is 0 Å². The molecule has 2 aliphatic rings. The second-order valence-electron chi connectivity index (χ2n) is 6.12. The van der Waals surface area contributed by atoms with Crippen LogP contribution in [0.2, 0.25) is 0 Å². The summed E-state index contributed by atoms with van der Waals surface area (Å²) in [4.78, 5) is 16.8. The van der Waals surface area contributed by atoms with Gasteiger partial charge in [0.25, 0.3) is 5.91 Å². The van der Waals surface area contributed by atoms with Gasteiger partial charge in [-0.1, -0.05) is 0 Å². The molecule has 0 N–H and O–H groups in total. The van der Waals surface area contributed by atoms with Gasteiger partial charge in [-0.05, 0) is 24.8 Å². The normalized spacial score (nSPS) is 19.1. The third kappa shape index (κ3) is 2.16. The molecule has 22 heavy (non-hydrogen) atoms. The average Bonchev–Trinajstić information content (AvgIpc) is 3.04. The van der Waals surface area contributed by atoms with Gasteiger partial charge < -0.3 is 9.47 Å². The van der Waals surface area contributed by atoms with Gasteiger partial charge in [-0.25, -0.2) is 0 Å². The van der Waals surface area contributed by atoms with Crippen molar-refractivity contribution in [3.63, 3.8) is 0 Å². The molecule has 0 aromatic carbocycles. The SMILES string of the molecule is Cc1cscc1C(=O)N1CC(N2CCn3c(C)nnc3C2)C1. The van der Waals surface area contributed by atoms with Crippen molar-refractivity contribution in [1.29, 1.82) is 0 Å². The van der Waals surface area contributed by atoms with Gasteiger partial charge in [0, 0.05) is 37.6 Å². The third-order valence-corrected chi connectivity index (χ3v) is 5.58. The number of fused-ring (bicyclic) bond motifs is 1. The number of nitrogens with zero attached hydrogens (tertiary/aromatic N) is 5. The summed E-state index contributed by atoms with van der Waals surface area (Å²) in [6.07, 6.45) is 0. The largest absolute Gasteiger partial charge is 0.335 e. The number of rotatable bonds is 2. The van der Waals surface area contributed by atoms with Crippen LogP contribution < -0.4 is 0 Å². The fraction of sp³-hybridized carbons (Fsp3) is 0.533. The van der Waals surface area contributed by atoms with Crippen molar-refractivity contribution >= 4 is 17.2 Å². The lowest BCUT2D eigenvalue weighted by atomic mass is 10.0. The molecule has 1 saturated heterocycles. The molecule has 2 aromatic rings. The second-order valence-corrected chi connectivity index (χ2v) is 6.86. The van der Waals surface area contributed by atoms with Crippen LogP contribution in [0.1, 0.15) is 27.6 Å². The molecule has 0 spiro atoms. The van der Waals surface area contributed by atoms with Crippen molar-refractivity contribution in [3.05, 3.63) is 33.5 Å². The Labute approximate surface area is 133 Å². The molecule has 1 amide bonds. The van der Waals surface area contributed by atoms with E-state index >= 15 is 0 Å². The minimum atomic E-state index is 0.172. The molecule has 4 rings (SSSR count). The number of aryl methyl sites for hydroxylation is 2. The van der Waals surface area contributed by atoms with E-state index in [0.29, 0.717) is 6.04 Å². The minimum absolute atomic E-state index is 0.172. The van der Waals surface area contributed by atoms with Crippen molar-refractivity contribution in [1.82, 2.24) is 24.6 Å². The first kappa shape index (κ1) is 13.9. The smallest absolute Gasteiger partial charge is 0.255 e. The van der Waals surface area contributed by atoms with Crippen molar-refractivity contribution in [2.75, 3.05) is 19.6 Å². The van der Waals surface area contributed by atoms with E-state index < -0.39 is 0 Å². The molecule has 2 aliphatic heterocycles. The molecular weight excluding hydrogens is 298 g/mol. The highest BCUT2D eigenvalue weighted by Crippen LogP contribution is 2.24. The Bertz CT molecular complexity index is 715. The average molecular weight is 317 g/mol. The van der Waals surface area contributed by atoms with Gasteiger partial charge in [0.1, 0.15) is 11.6 Å². The van der Waals surface area contributed by atoms with E-state index in [4.69, 9.17) is 0 Å². The third-order valence-electron chi connectivity index (χ3n) is 4.72. The van der Waals surface area contributed by atoms with Gasteiger partial charge in [0.15, 0.2) is 0 Å². The number of hydrogen-bond acceptors (Lipinski definition) is 5. The maximum atomic E-state index is 12.4. The van der Waals surface area contributed by atoms with E-state index in [-0.39, 0.29) is 5.91 Å². The summed E-state index contributed by atoms with van der Waals surface area (Å²) >= 11 is 1.59. The predicted octanol–water partition coefficient (Wildman–Crippen LogP) is 1.30. The molecule has 0 saturated carbocycles. The van der Waals surface area contributed by atoms with Crippen LogP contribution in [-0.4, -0.2) is 56.1 Å². The first-order valence-electron chi connectivity index (χ1n) is 7.58. The number of aromatic nitrogens is 3. The molecule has 2 aromatic heterocycles. The number of likely N-dealkylation sites (tertiary alicyclic amines) is 1. The molecule has 0 radical (unpaired) electrons. The van der Waals surface area contributed by atoms with Gasteiger partial charge in [-0.3, -0.25) is 9.69 Å². The maximum absolute atomic E-state index is 12.4. The highest BCUT2D eigenvalue weighted by Gasteiger charge is 2.37. The molecule has 0 bridgehead atoms. The van der Waals surface area contributed by atoms with E-state index in [1.165, 1.54) is 0 Å². The molecule has 4 heterocycles. The molecule has 6 nitrogen and oxygen atoms in total. The number of thiophene rings is 1. The van der Waals surface area contributed by atoms with Crippen molar-refractivity contribution in [2.45, 2.75) is 33.0 Å². The van der Waals surface area contributed by atoms with E-state index in [1.807, 2.05) is 29.5 Å². The maximum Gasteiger partial charge on any atom is 0.255 e. The highest BCUT2D eigenvalue weighted by molar-refractivity contribution is 7.08. The Morgan fingerprint density at radius 1 is 1.23 bits per heavy atom. The van der Waals surface area contributed by atoms with E-state index in [9.17, 15) is 4.79 Å². The van der Waals surface area contributed by atoms with Crippen molar-refractivity contribution in [3.8, 4) is 0 Å².